The molecule has 2 unspecified atom stereocenters. The second-order valence-corrected chi connectivity index (χ2v) is 19.8. The van der Waals surface area contributed by atoms with Gasteiger partial charge in [-0.05, 0) is 79.3 Å². The highest BCUT2D eigenvalue weighted by Crippen LogP contribution is 2.39. The van der Waals surface area contributed by atoms with Gasteiger partial charge in [0, 0.05) is 26.5 Å². The van der Waals surface area contributed by atoms with Gasteiger partial charge in [0.15, 0.2) is 0 Å². The van der Waals surface area contributed by atoms with Gasteiger partial charge in [-0.2, -0.15) is 0 Å². The minimum absolute atomic E-state index is 0.128. The number of aryl methyl sites for hydroxylation is 2. The van der Waals surface area contributed by atoms with Crippen LogP contribution in [0.4, 0.5) is 0 Å². The molecule has 0 saturated carbocycles. The highest BCUT2D eigenvalue weighted by Gasteiger charge is 2.38. The summed E-state index contributed by atoms with van der Waals surface area (Å²) >= 11 is 0. The number of hydrogen-bond donors (Lipinski definition) is 4. The maximum atomic E-state index is 12.7. The predicted molar refractivity (Wildman–Crippen MR) is 190 cm³/mol. The monoisotopic (exact) mass is 700 g/mol. The molecule has 13 heteroatoms. The van der Waals surface area contributed by atoms with Gasteiger partial charge in [0.05, 0.1) is 26.9 Å². The third kappa shape index (κ3) is 8.44. The number of rotatable bonds is 8. The van der Waals surface area contributed by atoms with E-state index in [0.717, 1.165) is 33.1 Å². The van der Waals surface area contributed by atoms with Crippen LogP contribution in [0.15, 0.2) is 104 Å². The van der Waals surface area contributed by atoms with Gasteiger partial charge in [0.1, 0.15) is 4.87 Å². The molecule has 1 aliphatic carbocycles. The van der Waals surface area contributed by atoms with Crippen LogP contribution in [0.5, 0.6) is 0 Å². The molecule has 0 saturated heterocycles. The van der Waals surface area contributed by atoms with Gasteiger partial charge in [-0.3, -0.25) is 0 Å². The number of aromatic nitrogens is 2. The first-order chi connectivity index (χ1) is 21.4. The Kier molecular flexibility index (Phi) is 10.9. The van der Waals surface area contributed by atoms with E-state index in [4.69, 9.17) is 11.5 Å². The Labute approximate surface area is 278 Å². The molecule has 0 aliphatic heterocycles. The molecule has 9 nitrogen and oxygen atoms in total. The lowest BCUT2D eigenvalue weighted by molar-refractivity contribution is 0.603. The van der Waals surface area contributed by atoms with E-state index in [1.807, 2.05) is 53.7 Å². The van der Waals surface area contributed by atoms with E-state index in [1.54, 1.807) is 66.7 Å². The van der Waals surface area contributed by atoms with Crippen molar-refractivity contribution in [3.63, 3.8) is 0 Å². The predicted octanol–water partition coefficient (Wildman–Crippen LogP) is 6.32. The number of benzene rings is 3. The lowest BCUT2D eigenvalue weighted by Gasteiger charge is -2.33. The van der Waals surface area contributed by atoms with Crippen LogP contribution in [-0.4, -0.2) is 37.7 Å². The molecule has 0 bridgehead atoms. The number of allylic oxidation sites excluding steroid dienone is 2. The molecule has 4 aromatic rings. The zero-order valence-corrected chi connectivity index (χ0v) is 29.8. The summed E-state index contributed by atoms with van der Waals surface area (Å²) in [6.07, 6.45) is 5.46. The van der Waals surface area contributed by atoms with E-state index < -0.39 is 28.7 Å². The van der Waals surface area contributed by atoms with Crippen molar-refractivity contribution >= 4 is 50.4 Å². The van der Waals surface area contributed by atoms with Crippen LogP contribution in [-0.2, 0) is 17.7 Å². The van der Waals surface area contributed by atoms with Crippen molar-refractivity contribution < 1.29 is 16.8 Å². The van der Waals surface area contributed by atoms with Crippen molar-refractivity contribution in [1.29, 1.82) is 0 Å². The van der Waals surface area contributed by atoms with Crippen LogP contribution in [0.3, 0.4) is 0 Å². The molecule has 1 aliphatic rings. The summed E-state index contributed by atoms with van der Waals surface area (Å²) in [5.41, 5.74) is 17.2. The normalized spacial score (nSPS) is 18.5. The molecule has 2 atom stereocenters. The summed E-state index contributed by atoms with van der Waals surface area (Å²) in [6.45, 7) is 11.9. The number of H-pyrrole nitrogens is 2. The Morgan fingerprint density at radius 3 is 1.78 bits per heavy atom. The van der Waals surface area contributed by atoms with E-state index in [9.17, 15) is 21.6 Å². The summed E-state index contributed by atoms with van der Waals surface area (Å²) in [4.78, 5) is 16.9. The third-order valence-corrected chi connectivity index (χ3v) is 14.6. The number of fused-ring (bicyclic) bond motifs is 1. The maximum absolute atomic E-state index is 12.7. The number of nitrogens with two attached hydrogens (primary N) is 2. The molecule has 0 fully saturated rings. The van der Waals surface area contributed by atoms with Gasteiger partial charge >= 0.3 is 5.69 Å². The molecule has 6 N–H and O–H groups in total. The Morgan fingerprint density at radius 1 is 0.783 bits per heavy atom. The van der Waals surface area contributed by atoms with E-state index in [1.165, 1.54) is 0 Å². The van der Waals surface area contributed by atoms with Crippen molar-refractivity contribution in [3.8, 4) is 0 Å². The van der Waals surface area contributed by atoms with E-state index in [-0.39, 0.29) is 27.3 Å². The fraction of sp³-hybridized carbons (Fsp3) is 0.303. The van der Waals surface area contributed by atoms with E-state index >= 15 is 0 Å². The van der Waals surface area contributed by atoms with Crippen molar-refractivity contribution in [3.05, 3.63) is 112 Å². The highest BCUT2D eigenvalue weighted by atomic mass is 33.1. The van der Waals surface area contributed by atoms with Crippen LogP contribution in [0.1, 0.15) is 50.3 Å². The van der Waals surface area contributed by atoms with Crippen LogP contribution in [0.25, 0.3) is 11.0 Å². The minimum atomic E-state index is -3.58. The lowest BCUT2D eigenvalue weighted by Crippen LogP contribution is -2.52. The quantitative estimate of drug-likeness (QED) is 0.121. The lowest BCUT2D eigenvalue weighted by atomic mass is 9.92. The molecule has 5 rings (SSSR count). The standard InChI is InChI=1S/C17H18N2O3S2.C16H22N2O2S2/c1-10(2)13-8-14-15(19-17(20)18-14)9-16(13)23-24(21,22)12-6-4-11(3)5-7-12;1-11(2)13-6-9-15(17)16(18,10-13)21-22(19,20)14-7-4-12(3)5-8-14/h4-10H,1-3H3,(H2,18,19,20);4-11,15H,17-18H2,1-3H3. The minimum Gasteiger partial charge on any atom is -0.322 e. The van der Waals surface area contributed by atoms with Gasteiger partial charge in [-0.1, -0.05) is 75.2 Å². The Morgan fingerprint density at radius 2 is 1.28 bits per heavy atom. The second kappa shape index (κ2) is 14.0. The molecule has 1 heterocycles. The number of imidazole rings is 1. The second-order valence-electron chi connectivity index (χ2n) is 11.9. The summed E-state index contributed by atoms with van der Waals surface area (Å²) in [5, 5.41) is 0. The Hall–Kier alpha value is -3.07. The van der Waals surface area contributed by atoms with Gasteiger partial charge in [0.25, 0.3) is 0 Å². The van der Waals surface area contributed by atoms with Crippen LogP contribution in [0.2, 0.25) is 0 Å². The van der Waals surface area contributed by atoms with Crippen molar-refractivity contribution in [2.45, 2.75) is 73.1 Å². The fourth-order valence-corrected chi connectivity index (χ4v) is 11.3. The maximum Gasteiger partial charge on any atom is 0.323 e. The molecule has 0 amide bonds. The molecule has 0 radical (unpaired) electrons. The van der Waals surface area contributed by atoms with Crippen LogP contribution >= 0.6 is 21.6 Å². The molecule has 3 aromatic carbocycles. The Balaban J connectivity index is 0.000000210. The summed E-state index contributed by atoms with van der Waals surface area (Å²) in [6, 6.07) is 16.5. The van der Waals surface area contributed by atoms with E-state index in [2.05, 4.69) is 9.97 Å². The van der Waals surface area contributed by atoms with Gasteiger partial charge in [0.2, 0.25) is 17.7 Å². The topological polar surface area (TPSA) is 169 Å². The van der Waals surface area contributed by atoms with Gasteiger partial charge in [-0.25, -0.2) is 21.6 Å². The molecule has 1 aromatic heterocycles. The first-order valence-electron chi connectivity index (χ1n) is 14.6. The smallest absolute Gasteiger partial charge is 0.322 e. The average Bonchev–Trinajstić information content (AvgIpc) is 3.33. The fourth-order valence-electron chi connectivity index (χ4n) is 4.63. The third-order valence-electron chi connectivity index (χ3n) is 7.42. The number of nitrogens with one attached hydrogen (secondary N) is 2. The summed E-state index contributed by atoms with van der Waals surface area (Å²) < 4.78 is 50.7. The summed E-state index contributed by atoms with van der Waals surface area (Å²) in [7, 11) is -5.59. The SMILES string of the molecule is Cc1ccc(S(=O)(=O)SC2(N)C=C(C(C)C)C=CC2N)cc1.Cc1ccc(S(=O)(=O)Sc2cc3[nH]c(=O)[nH]c3cc2C(C)C)cc1. The zero-order valence-electron chi connectivity index (χ0n) is 26.6. The van der Waals surface area contributed by atoms with Crippen molar-refractivity contribution in [2.75, 3.05) is 0 Å². The number of hydrogen-bond acceptors (Lipinski definition) is 9. The van der Waals surface area contributed by atoms with Gasteiger partial charge in [-0.15, -0.1) is 0 Å². The van der Waals surface area contributed by atoms with Crippen molar-refractivity contribution in [2.24, 2.45) is 17.4 Å². The molecule has 0 spiro atoms. The average molecular weight is 701 g/mol. The first kappa shape index (κ1) is 35.8. The van der Waals surface area contributed by atoms with Crippen molar-refractivity contribution in [1.82, 2.24) is 9.97 Å². The number of aromatic amines is 2. The van der Waals surface area contributed by atoms with Crippen LogP contribution in [0, 0.1) is 19.8 Å². The van der Waals surface area contributed by atoms with Crippen LogP contribution < -0.4 is 17.2 Å². The Bertz CT molecular complexity index is 2050. The molecule has 246 valence electrons. The zero-order chi connectivity index (χ0) is 34.0. The molecular weight excluding hydrogens is 661 g/mol. The first-order valence-corrected chi connectivity index (χ1v) is 20.3. The molecule has 46 heavy (non-hydrogen) atoms. The van der Waals surface area contributed by atoms with E-state index in [0.29, 0.717) is 26.7 Å². The largest absolute Gasteiger partial charge is 0.323 e. The van der Waals surface area contributed by atoms with Gasteiger partial charge < -0.3 is 21.4 Å². The highest BCUT2D eigenvalue weighted by molar-refractivity contribution is 8.72. The summed E-state index contributed by atoms with van der Waals surface area (Å²) in [5.74, 6) is 0.387. The molecular formula is C33H40N4O5S4.